The summed E-state index contributed by atoms with van der Waals surface area (Å²) in [5, 5.41) is 7.35. The minimum Gasteiger partial charge on any atom is -0.402 e. The lowest BCUT2D eigenvalue weighted by Gasteiger charge is -2.32. The first kappa shape index (κ1) is 25.3. The Morgan fingerprint density at radius 2 is 1.71 bits per heavy atom. The van der Waals surface area contributed by atoms with E-state index in [4.69, 9.17) is 19.0 Å². The van der Waals surface area contributed by atoms with Gasteiger partial charge in [0, 0.05) is 13.7 Å². The fraction of sp³-hybridized carbons (Fsp3) is 0.444. The van der Waals surface area contributed by atoms with Gasteiger partial charge in [0.15, 0.2) is 6.29 Å². The molecular formula is C27H35BrN2O3Si. The van der Waals surface area contributed by atoms with Gasteiger partial charge in [-0.25, -0.2) is 0 Å². The molecule has 1 saturated heterocycles. The van der Waals surface area contributed by atoms with Gasteiger partial charge in [-0.1, -0.05) is 80.4 Å². The molecule has 1 atom stereocenters. The Bertz CT molecular complexity index is 984. The molecule has 182 valence electrons. The number of aromatic nitrogens is 2. The maximum absolute atomic E-state index is 7.04. The first-order valence-electron chi connectivity index (χ1n) is 12.3. The third kappa shape index (κ3) is 5.89. The lowest BCUT2D eigenvalue weighted by atomic mass is 10.2. The van der Waals surface area contributed by atoms with Gasteiger partial charge >= 0.3 is 0 Å². The number of halogens is 1. The van der Waals surface area contributed by atoms with E-state index in [2.05, 4.69) is 83.5 Å². The van der Waals surface area contributed by atoms with E-state index in [0.717, 1.165) is 60.6 Å². The summed E-state index contributed by atoms with van der Waals surface area (Å²) < 4.78 is 21.6. The number of aryl methyl sites for hydroxylation is 1. The van der Waals surface area contributed by atoms with Crippen LogP contribution in [-0.4, -0.2) is 31.0 Å². The van der Waals surface area contributed by atoms with E-state index < -0.39 is 8.32 Å². The molecule has 1 unspecified atom stereocenters. The predicted octanol–water partition coefficient (Wildman–Crippen LogP) is 5.30. The summed E-state index contributed by atoms with van der Waals surface area (Å²) in [4.78, 5) is 0. The van der Waals surface area contributed by atoms with Crippen molar-refractivity contribution in [3.8, 4) is 0 Å². The standard InChI is InChI=1S/C27H35BrN2O3Si/c1-3-4-19-34(22-13-7-5-8-14-22,23-15-9-6-10-16-23)33-21-25-27(28)24(29-30(25)2)20-32-26-17-11-12-18-31-26/h5-10,13-16,26H,3-4,11-12,17-21H2,1-2H3. The summed E-state index contributed by atoms with van der Waals surface area (Å²) in [6, 6.07) is 22.6. The smallest absolute Gasteiger partial charge is 0.256 e. The second-order valence-corrected chi connectivity index (χ2v) is 13.3. The average Bonchev–Trinajstić information content (AvgIpc) is 3.17. The van der Waals surface area contributed by atoms with Crippen molar-refractivity contribution in [1.29, 1.82) is 0 Å². The summed E-state index contributed by atoms with van der Waals surface area (Å²) in [5.41, 5.74) is 1.92. The van der Waals surface area contributed by atoms with Crippen LogP contribution in [0.3, 0.4) is 0 Å². The van der Waals surface area contributed by atoms with Gasteiger partial charge in [0.1, 0.15) is 5.69 Å². The molecule has 1 aromatic heterocycles. The number of nitrogens with zero attached hydrogens (tertiary/aromatic N) is 2. The monoisotopic (exact) mass is 542 g/mol. The highest BCUT2D eigenvalue weighted by Gasteiger charge is 2.39. The first-order valence-corrected chi connectivity index (χ1v) is 15.2. The van der Waals surface area contributed by atoms with Crippen LogP contribution in [0.25, 0.3) is 0 Å². The largest absolute Gasteiger partial charge is 0.402 e. The Morgan fingerprint density at radius 3 is 2.29 bits per heavy atom. The van der Waals surface area contributed by atoms with Crippen molar-refractivity contribution in [1.82, 2.24) is 9.78 Å². The second kappa shape index (κ2) is 12.3. The van der Waals surface area contributed by atoms with Crippen LogP contribution in [-0.2, 0) is 34.2 Å². The second-order valence-electron chi connectivity index (χ2n) is 8.89. The van der Waals surface area contributed by atoms with Gasteiger partial charge in [-0.05, 0) is 51.6 Å². The summed E-state index contributed by atoms with van der Waals surface area (Å²) in [5.74, 6) is 0. The van der Waals surface area contributed by atoms with Gasteiger partial charge in [0.2, 0.25) is 0 Å². The molecule has 2 heterocycles. The van der Waals surface area contributed by atoms with Crippen molar-refractivity contribution in [3.05, 3.63) is 76.5 Å². The SMILES string of the molecule is CCCC[Si](OCc1c(Br)c(COC2CCCCO2)nn1C)(c1ccccc1)c1ccccc1. The van der Waals surface area contributed by atoms with Crippen LogP contribution in [0, 0.1) is 0 Å². The highest BCUT2D eigenvalue weighted by atomic mass is 79.9. The van der Waals surface area contributed by atoms with E-state index >= 15 is 0 Å². The lowest BCUT2D eigenvalue weighted by molar-refractivity contribution is -0.169. The van der Waals surface area contributed by atoms with E-state index in [-0.39, 0.29) is 6.29 Å². The minimum atomic E-state index is -2.45. The van der Waals surface area contributed by atoms with Gasteiger partial charge in [0.05, 0.1) is 23.4 Å². The fourth-order valence-electron chi connectivity index (χ4n) is 4.58. The Balaban J connectivity index is 1.58. The molecule has 7 heteroatoms. The van der Waals surface area contributed by atoms with Gasteiger partial charge in [-0.3, -0.25) is 4.68 Å². The van der Waals surface area contributed by atoms with E-state index in [1.807, 2.05) is 11.7 Å². The molecule has 0 spiro atoms. The molecule has 34 heavy (non-hydrogen) atoms. The molecule has 3 aromatic rings. The highest BCUT2D eigenvalue weighted by Crippen LogP contribution is 2.26. The van der Waals surface area contributed by atoms with Crippen molar-refractivity contribution < 1.29 is 13.9 Å². The first-order chi connectivity index (χ1) is 16.6. The Hall–Kier alpha value is -1.77. The molecule has 2 aromatic carbocycles. The maximum Gasteiger partial charge on any atom is 0.256 e. The number of benzene rings is 2. The summed E-state index contributed by atoms with van der Waals surface area (Å²) >= 11 is 3.79. The Morgan fingerprint density at radius 1 is 1.03 bits per heavy atom. The molecule has 1 aliphatic heterocycles. The van der Waals surface area contributed by atoms with Gasteiger partial charge in [-0.2, -0.15) is 5.10 Å². The van der Waals surface area contributed by atoms with Crippen LogP contribution in [0.5, 0.6) is 0 Å². The number of unbranched alkanes of at least 4 members (excludes halogenated alkanes) is 1. The van der Waals surface area contributed by atoms with Gasteiger partial charge in [-0.15, -0.1) is 0 Å². The van der Waals surface area contributed by atoms with Crippen molar-refractivity contribution in [2.24, 2.45) is 7.05 Å². The predicted molar refractivity (Wildman–Crippen MR) is 142 cm³/mol. The number of ether oxygens (including phenoxy) is 2. The van der Waals surface area contributed by atoms with Gasteiger partial charge < -0.3 is 13.9 Å². The summed E-state index contributed by atoms with van der Waals surface area (Å²) in [6.45, 7) is 3.93. The van der Waals surface area contributed by atoms with Crippen LogP contribution in [0.2, 0.25) is 6.04 Å². The summed E-state index contributed by atoms with van der Waals surface area (Å²) in [6.07, 6.45) is 5.34. The Labute approximate surface area is 212 Å². The van der Waals surface area contributed by atoms with Crippen molar-refractivity contribution in [2.45, 2.75) is 64.6 Å². The van der Waals surface area contributed by atoms with Crippen LogP contribution < -0.4 is 10.4 Å². The molecule has 0 amide bonds. The third-order valence-corrected chi connectivity index (χ3v) is 11.7. The summed E-state index contributed by atoms with van der Waals surface area (Å²) in [7, 11) is -0.470. The van der Waals surface area contributed by atoms with E-state index in [9.17, 15) is 0 Å². The molecule has 0 N–H and O–H groups in total. The van der Waals surface area contributed by atoms with Gasteiger partial charge in [0.25, 0.3) is 8.32 Å². The molecule has 0 saturated carbocycles. The van der Waals surface area contributed by atoms with Crippen LogP contribution in [0.4, 0.5) is 0 Å². The third-order valence-electron chi connectivity index (χ3n) is 6.53. The molecule has 0 radical (unpaired) electrons. The van der Waals surface area contributed by atoms with Crippen LogP contribution in [0.1, 0.15) is 50.4 Å². The molecule has 1 fully saturated rings. The van der Waals surface area contributed by atoms with E-state index in [1.54, 1.807) is 0 Å². The lowest BCUT2D eigenvalue weighted by Crippen LogP contribution is -2.60. The fourth-order valence-corrected chi connectivity index (χ4v) is 9.23. The van der Waals surface area contributed by atoms with E-state index in [1.165, 1.54) is 10.4 Å². The average molecular weight is 544 g/mol. The number of rotatable bonds is 11. The van der Waals surface area contributed by atoms with Crippen LogP contribution in [0.15, 0.2) is 65.1 Å². The normalized spacial score (nSPS) is 16.6. The topological polar surface area (TPSA) is 45.5 Å². The molecule has 0 aliphatic carbocycles. The zero-order valence-corrected chi connectivity index (χ0v) is 22.8. The molecular weight excluding hydrogens is 508 g/mol. The highest BCUT2D eigenvalue weighted by molar-refractivity contribution is 9.10. The van der Waals surface area contributed by atoms with Crippen molar-refractivity contribution >= 4 is 34.6 Å². The maximum atomic E-state index is 7.04. The zero-order valence-electron chi connectivity index (χ0n) is 20.2. The van der Waals surface area contributed by atoms with Crippen LogP contribution >= 0.6 is 15.9 Å². The number of hydrogen-bond acceptors (Lipinski definition) is 4. The van der Waals surface area contributed by atoms with Crippen molar-refractivity contribution in [2.75, 3.05) is 6.61 Å². The molecule has 4 rings (SSSR count). The Kier molecular flexibility index (Phi) is 9.14. The van der Waals surface area contributed by atoms with E-state index in [0.29, 0.717) is 13.2 Å². The molecule has 0 bridgehead atoms. The molecule has 5 nitrogen and oxygen atoms in total. The zero-order chi connectivity index (χ0) is 23.8. The molecule has 1 aliphatic rings. The van der Waals surface area contributed by atoms with Crippen molar-refractivity contribution in [3.63, 3.8) is 0 Å². The minimum absolute atomic E-state index is 0.132. The quantitative estimate of drug-likeness (QED) is 0.308. The number of hydrogen-bond donors (Lipinski definition) is 0.